The van der Waals surface area contributed by atoms with Crippen LogP contribution in [0.2, 0.25) is 0 Å². The van der Waals surface area contributed by atoms with E-state index >= 15 is 0 Å². The summed E-state index contributed by atoms with van der Waals surface area (Å²) < 4.78 is 0. The van der Waals surface area contributed by atoms with Crippen LogP contribution in [0, 0.1) is 6.92 Å². The van der Waals surface area contributed by atoms with E-state index in [-0.39, 0.29) is 0 Å². The van der Waals surface area contributed by atoms with Crippen molar-refractivity contribution in [2.45, 2.75) is 19.3 Å². The molecule has 23 heavy (non-hydrogen) atoms. The molecule has 0 N–H and O–H groups in total. The Morgan fingerprint density at radius 1 is 0.739 bits per heavy atom. The van der Waals surface area contributed by atoms with E-state index in [0.29, 0.717) is 5.92 Å². The lowest BCUT2D eigenvalue weighted by Crippen LogP contribution is -2.11. The topological polar surface area (TPSA) is 0 Å². The average molecular weight is 296 g/mol. The molecule has 0 heterocycles. The lowest BCUT2D eigenvalue weighted by molar-refractivity contribution is 0.820. The predicted molar refractivity (Wildman–Crippen MR) is 97.6 cm³/mol. The normalized spacial score (nSPS) is 16.6. The average Bonchev–Trinajstić information content (AvgIpc) is 2.62. The second-order valence-corrected chi connectivity index (χ2v) is 6.28. The van der Waals surface area contributed by atoms with E-state index in [4.69, 9.17) is 0 Å². The number of fused-ring (bicyclic) bond motifs is 1. The molecular weight excluding hydrogens is 276 g/mol. The van der Waals surface area contributed by atoms with Crippen LogP contribution in [0.5, 0.6) is 0 Å². The third-order valence-corrected chi connectivity index (χ3v) is 4.75. The Bertz CT molecular complexity index is 842. The van der Waals surface area contributed by atoms with Crippen molar-refractivity contribution in [1.29, 1.82) is 0 Å². The van der Waals surface area contributed by atoms with Crippen molar-refractivity contribution in [2.75, 3.05) is 0 Å². The number of benzene rings is 3. The third-order valence-electron chi connectivity index (χ3n) is 4.75. The fourth-order valence-electron chi connectivity index (χ4n) is 3.64. The number of hydrogen-bond acceptors (Lipinski definition) is 0. The maximum absolute atomic E-state index is 2.46. The van der Waals surface area contributed by atoms with E-state index < -0.39 is 0 Å². The highest BCUT2D eigenvalue weighted by molar-refractivity contribution is 5.85. The maximum Gasteiger partial charge on any atom is 0.00680 e. The summed E-state index contributed by atoms with van der Waals surface area (Å²) in [6, 6.07) is 28.3. The van der Waals surface area contributed by atoms with Crippen LogP contribution in [0.15, 0.2) is 84.9 Å². The van der Waals surface area contributed by atoms with Gasteiger partial charge in [-0.25, -0.2) is 0 Å². The van der Waals surface area contributed by atoms with Gasteiger partial charge in [0.2, 0.25) is 0 Å². The third kappa shape index (κ3) is 2.61. The minimum atomic E-state index is 0.445. The molecule has 3 aromatic carbocycles. The minimum absolute atomic E-state index is 0.445. The smallest absolute Gasteiger partial charge is 0.00680 e. The molecule has 4 rings (SSSR count). The molecule has 1 aliphatic carbocycles. The van der Waals surface area contributed by atoms with Gasteiger partial charge in [0, 0.05) is 5.92 Å². The first kappa shape index (κ1) is 14.0. The Balaban J connectivity index is 1.90. The van der Waals surface area contributed by atoms with E-state index in [1.807, 2.05) is 0 Å². The predicted octanol–water partition coefficient (Wildman–Crippen LogP) is 5.77. The molecular formula is C23H20. The van der Waals surface area contributed by atoms with Crippen molar-refractivity contribution in [3.63, 3.8) is 0 Å². The molecule has 3 aromatic rings. The maximum atomic E-state index is 2.46. The Morgan fingerprint density at radius 3 is 2.17 bits per heavy atom. The summed E-state index contributed by atoms with van der Waals surface area (Å²) in [5.74, 6) is 0.445. The number of hydrogen-bond donors (Lipinski definition) is 0. The van der Waals surface area contributed by atoms with Crippen molar-refractivity contribution >= 4 is 5.57 Å². The zero-order valence-corrected chi connectivity index (χ0v) is 13.4. The van der Waals surface area contributed by atoms with Gasteiger partial charge in [-0.1, -0.05) is 84.9 Å². The highest BCUT2D eigenvalue weighted by Gasteiger charge is 2.22. The van der Waals surface area contributed by atoms with Gasteiger partial charge in [-0.3, -0.25) is 0 Å². The van der Waals surface area contributed by atoms with E-state index in [1.54, 1.807) is 0 Å². The number of rotatable bonds is 2. The number of aryl methyl sites for hydroxylation is 1. The molecule has 1 aliphatic rings. The SMILES string of the molecule is Cc1cccc2c1C(c1ccccc1)=CC(c1ccccc1)C2. The molecule has 0 aromatic heterocycles. The Labute approximate surface area is 138 Å². The zero-order chi connectivity index (χ0) is 15.6. The van der Waals surface area contributed by atoms with Gasteiger partial charge in [-0.05, 0) is 46.7 Å². The van der Waals surface area contributed by atoms with Crippen LogP contribution in [0.25, 0.3) is 5.57 Å². The van der Waals surface area contributed by atoms with Crippen molar-refractivity contribution in [3.8, 4) is 0 Å². The van der Waals surface area contributed by atoms with Crippen LogP contribution in [0.1, 0.15) is 33.7 Å². The van der Waals surface area contributed by atoms with Gasteiger partial charge in [0.05, 0.1) is 0 Å². The first-order valence-electron chi connectivity index (χ1n) is 8.24. The zero-order valence-electron chi connectivity index (χ0n) is 13.4. The van der Waals surface area contributed by atoms with E-state index in [1.165, 1.54) is 33.4 Å². The van der Waals surface area contributed by atoms with Crippen molar-refractivity contribution in [3.05, 3.63) is 113 Å². The summed E-state index contributed by atoms with van der Waals surface area (Å²) in [5.41, 5.74) is 8.32. The molecule has 0 aliphatic heterocycles. The van der Waals surface area contributed by atoms with E-state index in [0.717, 1.165) is 6.42 Å². The highest BCUT2D eigenvalue weighted by atomic mass is 14.3. The summed E-state index contributed by atoms with van der Waals surface area (Å²) >= 11 is 0. The van der Waals surface area contributed by atoms with Gasteiger partial charge < -0.3 is 0 Å². The molecule has 0 bridgehead atoms. The largest absolute Gasteiger partial charge is 0.0682 e. The summed E-state index contributed by atoms with van der Waals surface area (Å²) in [7, 11) is 0. The molecule has 0 nitrogen and oxygen atoms in total. The lowest BCUT2D eigenvalue weighted by atomic mass is 9.78. The molecule has 0 amide bonds. The van der Waals surface area contributed by atoms with Crippen LogP contribution in [-0.2, 0) is 6.42 Å². The van der Waals surface area contributed by atoms with Crippen LogP contribution >= 0.6 is 0 Å². The lowest BCUT2D eigenvalue weighted by Gasteiger charge is -2.26. The van der Waals surface area contributed by atoms with Gasteiger partial charge >= 0.3 is 0 Å². The van der Waals surface area contributed by atoms with Gasteiger partial charge in [-0.15, -0.1) is 0 Å². The first-order valence-corrected chi connectivity index (χ1v) is 8.24. The van der Waals surface area contributed by atoms with Gasteiger partial charge in [0.25, 0.3) is 0 Å². The van der Waals surface area contributed by atoms with Crippen LogP contribution in [0.3, 0.4) is 0 Å². The highest BCUT2D eigenvalue weighted by Crippen LogP contribution is 2.39. The summed E-state index contributed by atoms with van der Waals surface area (Å²) in [6.45, 7) is 2.22. The van der Waals surface area contributed by atoms with E-state index in [9.17, 15) is 0 Å². The molecule has 0 spiro atoms. The fraction of sp³-hybridized carbons (Fsp3) is 0.130. The molecule has 1 atom stereocenters. The second kappa shape index (κ2) is 5.89. The number of allylic oxidation sites excluding steroid dienone is 1. The van der Waals surface area contributed by atoms with E-state index in [2.05, 4.69) is 91.9 Å². The van der Waals surface area contributed by atoms with Gasteiger partial charge in [-0.2, -0.15) is 0 Å². The van der Waals surface area contributed by atoms with Crippen LogP contribution < -0.4 is 0 Å². The minimum Gasteiger partial charge on any atom is -0.0682 e. The summed E-state index contributed by atoms with van der Waals surface area (Å²) in [6.07, 6.45) is 3.54. The van der Waals surface area contributed by atoms with Crippen LogP contribution in [-0.4, -0.2) is 0 Å². The summed E-state index contributed by atoms with van der Waals surface area (Å²) in [4.78, 5) is 0. The van der Waals surface area contributed by atoms with Crippen molar-refractivity contribution in [2.24, 2.45) is 0 Å². The Hall–Kier alpha value is -2.60. The van der Waals surface area contributed by atoms with Gasteiger partial charge in [0.1, 0.15) is 0 Å². The van der Waals surface area contributed by atoms with Gasteiger partial charge in [0.15, 0.2) is 0 Å². The molecule has 0 saturated carbocycles. The van der Waals surface area contributed by atoms with Crippen molar-refractivity contribution in [1.82, 2.24) is 0 Å². The first-order chi connectivity index (χ1) is 11.3. The standard InChI is InChI=1S/C23H20/c1-17-9-8-14-20-15-21(18-10-4-2-5-11-18)16-22(23(17)20)19-12-6-3-7-13-19/h2-14,16,21H,15H2,1H3. The quantitative estimate of drug-likeness (QED) is 0.563. The molecule has 1 unspecified atom stereocenters. The summed E-state index contributed by atoms with van der Waals surface area (Å²) in [5, 5.41) is 0. The molecule has 0 heteroatoms. The monoisotopic (exact) mass is 296 g/mol. The molecule has 0 radical (unpaired) electrons. The van der Waals surface area contributed by atoms with Crippen molar-refractivity contribution < 1.29 is 0 Å². The Kier molecular flexibility index (Phi) is 3.59. The fourth-order valence-corrected chi connectivity index (χ4v) is 3.64. The molecule has 0 saturated heterocycles. The van der Waals surface area contributed by atoms with Crippen LogP contribution in [0.4, 0.5) is 0 Å². The molecule has 112 valence electrons. The Morgan fingerprint density at radius 2 is 1.43 bits per heavy atom. The molecule has 0 fully saturated rings. The second-order valence-electron chi connectivity index (χ2n) is 6.28.